The van der Waals surface area contributed by atoms with Gasteiger partial charge in [-0.15, -0.1) is 0 Å². The van der Waals surface area contributed by atoms with Gasteiger partial charge in [-0.2, -0.15) is 0 Å². The van der Waals surface area contributed by atoms with Crippen molar-refractivity contribution >= 4 is 0 Å². The normalized spacial score (nSPS) is 26.8. The quantitative estimate of drug-likeness (QED) is 0.736. The van der Waals surface area contributed by atoms with Crippen molar-refractivity contribution in [1.29, 1.82) is 0 Å². The second-order valence-electron chi connectivity index (χ2n) is 5.21. The fourth-order valence-corrected chi connectivity index (χ4v) is 2.58. The summed E-state index contributed by atoms with van der Waals surface area (Å²) in [7, 11) is 2.31. The van der Waals surface area contributed by atoms with Crippen molar-refractivity contribution in [1.82, 2.24) is 10.2 Å². The third-order valence-corrected chi connectivity index (χ3v) is 4.00. The predicted molar refractivity (Wildman–Crippen MR) is 60.4 cm³/mol. The molecule has 1 saturated carbocycles. The molecule has 2 rings (SSSR count). The molecule has 0 bridgehead atoms. The van der Waals surface area contributed by atoms with Gasteiger partial charge in [0.2, 0.25) is 0 Å². The highest BCUT2D eigenvalue weighted by Gasteiger charge is 2.31. The fraction of sp³-hybridized carbons (Fsp3) is 1.00. The van der Waals surface area contributed by atoms with Crippen molar-refractivity contribution < 1.29 is 0 Å². The topological polar surface area (TPSA) is 15.3 Å². The van der Waals surface area contributed by atoms with Crippen molar-refractivity contribution in [3.05, 3.63) is 0 Å². The predicted octanol–water partition coefficient (Wildman–Crippen LogP) is 1.72. The maximum atomic E-state index is 3.43. The molecule has 1 saturated heterocycles. The van der Waals surface area contributed by atoms with Gasteiger partial charge in [0.15, 0.2) is 0 Å². The van der Waals surface area contributed by atoms with Gasteiger partial charge >= 0.3 is 0 Å². The number of nitrogens with one attached hydrogen (secondary N) is 1. The molecule has 1 aliphatic heterocycles. The molecule has 0 radical (unpaired) electrons. The molecule has 1 heterocycles. The number of hydrogen-bond acceptors (Lipinski definition) is 2. The molecule has 2 fully saturated rings. The summed E-state index contributed by atoms with van der Waals surface area (Å²) in [5.41, 5.74) is 0. The van der Waals surface area contributed by atoms with Crippen LogP contribution in [0.2, 0.25) is 0 Å². The second-order valence-corrected chi connectivity index (χ2v) is 5.21. The molecule has 0 amide bonds. The lowest BCUT2D eigenvalue weighted by atomic mass is 9.97. The Kier molecular flexibility index (Phi) is 3.45. The van der Waals surface area contributed by atoms with E-state index in [1.807, 2.05) is 0 Å². The molecule has 1 atom stereocenters. The number of rotatable bonds is 4. The molecule has 82 valence electrons. The zero-order chi connectivity index (χ0) is 9.97. The van der Waals surface area contributed by atoms with Crippen LogP contribution in [0.4, 0.5) is 0 Å². The van der Waals surface area contributed by atoms with Crippen LogP contribution in [0.25, 0.3) is 0 Å². The van der Waals surface area contributed by atoms with Crippen LogP contribution in [0.5, 0.6) is 0 Å². The van der Waals surface area contributed by atoms with Crippen molar-refractivity contribution in [2.45, 2.75) is 38.6 Å². The second kappa shape index (κ2) is 4.63. The molecule has 1 aliphatic carbocycles. The van der Waals surface area contributed by atoms with Crippen LogP contribution in [0, 0.1) is 11.8 Å². The lowest BCUT2D eigenvalue weighted by Gasteiger charge is -2.31. The summed E-state index contributed by atoms with van der Waals surface area (Å²) in [6.45, 7) is 6.19. The zero-order valence-corrected chi connectivity index (χ0v) is 9.63. The molecular weight excluding hydrogens is 172 g/mol. The Bertz CT molecular complexity index is 171. The summed E-state index contributed by atoms with van der Waals surface area (Å²) >= 11 is 0. The molecule has 0 aromatic carbocycles. The Labute approximate surface area is 88.1 Å². The number of nitrogens with zero attached hydrogens (tertiary/aromatic N) is 1. The lowest BCUT2D eigenvalue weighted by Crippen LogP contribution is -2.39. The highest BCUT2D eigenvalue weighted by atomic mass is 15.1. The minimum absolute atomic E-state index is 0.824. The Hall–Kier alpha value is -0.0800. The van der Waals surface area contributed by atoms with Gasteiger partial charge in [-0.25, -0.2) is 0 Å². The van der Waals surface area contributed by atoms with Gasteiger partial charge < -0.3 is 10.2 Å². The highest BCUT2D eigenvalue weighted by molar-refractivity contribution is 4.85. The van der Waals surface area contributed by atoms with Crippen LogP contribution < -0.4 is 5.32 Å². The third-order valence-electron chi connectivity index (χ3n) is 4.00. The molecule has 0 aromatic rings. The molecule has 2 aliphatic rings. The minimum Gasteiger partial charge on any atom is -0.317 e. The first-order chi connectivity index (χ1) is 6.77. The van der Waals surface area contributed by atoms with Crippen LogP contribution >= 0.6 is 0 Å². The first-order valence-corrected chi connectivity index (χ1v) is 6.18. The third kappa shape index (κ3) is 2.71. The zero-order valence-electron chi connectivity index (χ0n) is 9.63. The van der Waals surface area contributed by atoms with Crippen molar-refractivity contribution in [3.63, 3.8) is 0 Å². The molecule has 1 N–H and O–H groups in total. The van der Waals surface area contributed by atoms with Gasteiger partial charge in [-0.1, -0.05) is 0 Å². The highest BCUT2D eigenvalue weighted by Crippen LogP contribution is 2.35. The summed E-state index contributed by atoms with van der Waals surface area (Å²) in [5.74, 6) is 1.96. The Morgan fingerprint density at radius 3 is 2.43 bits per heavy atom. The first kappa shape index (κ1) is 10.4. The van der Waals surface area contributed by atoms with Crippen LogP contribution in [-0.4, -0.2) is 37.6 Å². The van der Waals surface area contributed by atoms with Gasteiger partial charge in [0, 0.05) is 12.6 Å². The Morgan fingerprint density at radius 1 is 1.21 bits per heavy atom. The fourth-order valence-electron chi connectivity index (χ4n) is 2.58. The lowest BCUT2D eigenvalue weighted by molar-refractivity contribution is 0.181. The van der Waals surface area contributed by atoms with E-state index in [4.69, 9.17) is 0 Å². The molecule has 1 unspecified atom stereocenters. The molecule has 0 aromatic heterocycles. The van der Waals surface area contributed by atoms with Gasteiger partial charge in [0.05, 0.1) is 0 Å². The molecular formula is C12H24N2. The van der Waals surface area contributed by atoms with Crippen LogP contribution in [0.1, 0.15) is 32.6 Å². The summed E-state index contributed by atoms with van der Waals surface area (Å²) in [5, 5.41) is 3.43. The van der Waals surface area contributed by atoms with E-state index in [9.17, 15) is 0 Å². The Morgan fingerprint density at radius 2 is 1.86 bits per heavy atom. The van der Waals surface area contributed by atoms with E-state index in [-0.39, 0.29) is 0 Å². The average Bonchev–Trinajstić information content (AvgIpc) is 3.01. The monoisotopic (exact) mass is 196 g/mol. The standard InChI is InChI=1S/C12H24N2/c1-10(12-3-4-12)14(2)9-11-5-7-13-8-6-11/h10-13H,3-9H2,1-2H3. The first-order valence-electron chi connectivity index (χ1n) is 6.18. The van der Waals surface area contributed by atoms with E-state index >= 15 is 0 Å². The van der Waals surface area contributed by atoms with E-state index in [1.54, 1.807) is 0 Å². The minimum atomic E-state index is 0.824. The number of piperidine rings is 1. The van der Waals surface area contributed by atoms with Gasteiger partial charge in [0.25, 0.3) is 0 Å². The number of hydrogen-bond donors (Lipinski definition) is 1. The van der Waals surface area contributed by atoms with Crippen LogP contribution in [0.3, 0.4) is 0 Å². The van der Waals surface area contributed by atoms with Crippen molar-refractivity contribution in [2.75, 3.05) is 26.7 Å². The molecule has 2 nitrogen and oxygen atoms in total. The van der Waals surface area contributed by atoms with E-state index in [2.05, 4.69) is 24.2 Å². The maximum absolute atomic E-state index is 3.43. The van der Waals surface area contributed by atoms with Gasteiger partial charge in [-0.05, 0) is 64.6 Å². The largest absolute Gasteiger partial charge is 0.317 e. The smallest absolute Gasteiger partial charge is 0.00922 e. The average molecular weight is 196 g/mol. The molecule has 2 heteroatoms. The van der Waals surface area contributed by atoms with Crippen molar-refractivity contribution in [2.24, 2.45) is 11.8 Å². The van der Waals surface area contributed by atoms with Crippen LogP contribution in [0.15, 0.2) is 0 Å². The Balaban J connectivity index is 1.71. The molecule has 14 heavy (non-hydrogen) atoms. The van der Waals surface area contributed by atoms with Gasteiger partial charge in [-0.3, -0.25) is 0 Å². The molecule has 0 spiro atoms. The van der Waals surface area contributed by atoms with E-state index in [1.165, 1.54) is 45.3 Å². The summed E-state index contributed by atoms with van der Waals surface area (Å²) < 4.78 is 0. The van der Waals surface area contributed by atoms with E-state index < -0.39 is 0 Å². The van der Waals surface area contributed by atoms with E-state index in [0.717, 1.165) is 17.9 Å². The summed E-state index contributed by atoms with van der Waals surface area (Å²) in [4.78, 5) is 2.59. The summed E-state index contributed by atoms with van der Waals surface area (Å²) in [6.07, 6.45) is 5.69. The van der Waals surface area contributed by atoms with Crippen molar-refractivity contribution in [3.8, 4) is 0 Å². The maximum Gasteiger partial charge on any atom is 0.00922 e. The van der Waals surface area contributed by atoms with E-state index in [0.29, 0.717) is 0 Å². The SMILES string of the molecule is CC(C1CC1)N(C)CC1CCNCC1. The summed E-state index contributed by atoms with van der Waals surface area (Å²) in [6, 6.07) is 0.824. The van der Waals surface area contributed by atoms with Crippen LogP contribution in [-0.2, 0) is 0 Å². The van der Waals surface area contributed by atoms with Gasteiger partial charge in [0.1, 0.15) is 0 Å².